The van der Waals surface area contributed by atoms with Crippen molar-refractivity contribution in [2.24, 2.45) is 5.73 Å². The van der Waals surface area contributed by atoms with Gasteiger partial charge in [0.1, 0.15) is 11.9 Å². The van der Waals surface area contributed by atoms with Crippen LogP contribution in [0, 0.1) is 5.82 Å². The van der Waals surface area contributed by atoms with Crippen molar-refractivity contribution in [3.63, 3.8) is 0 Å². The largest absolute Gasteiger partial charge is 0.368 e. The van der Waals surface area contributed by atoms with E-state index < -0.39 is 23.7 Å². The second-order valence-corrected chi connectivity index (χ2v) is 6.24. The van der Waals surface area contributed by atoms with Crippen LogP contribution < -0.4 is 16.7 Å². The number of halogens is 1. The van der Waals surface area contributed by atoms with Crippen molar-refractivity contribution in [1.29, 1.82) is 0 Å². The number of aromatic amines is 2. The van der Waals surface area contributed by atoms with Crippen molar-refractivity contribution in [3.8, 4) is 0 Å². The zero-order valence-electron chi connectivity index (χ0n) is 14.4. The van der Waals surface area contributed by atoms with E-state index in [0.717, 1.165) is 11.1 Å². The number of carbonyl (C=O) groups is 2. The van der Waals surface area contributed by atoms with E-state index in [1.54, 1.807) is 12.1 Å². The van der Waals surface area contributed by atoms with Gasteiger partial charge in [0, 0.05) is 12.0 Å². The Morgan fingerprint density at radius 3 is 2.59 bits per heavy atom. The molecule has 0 saturated heterocycles. The third kappa shape index (κ3) is 4.41. The Labute approximate surface area is 153 Å². The fraction of sp³-hybridized carbons (Fsp3) is 0.211. The Hall–Kier alpha value is -3.42. The number of nitrogens with one attached hydrogen (secondary N) is 3. The molecule has 0 saturated carbocycles. The quantitative estimate of drug-likeness (QED) is 0.506. The molecule has 2 aromatic carbocycles. The number of aryl methyl sites for hydroxylation is 1. The van der Waals surface area contributed by atoms with E-state index in [0.29, 0.717) is 18.4 Å². The summed E-state index contributed by atoms with van der Waals surface area (Å²) in [6.45, 7) is 0. The maximum absolute atomic E-state index is 13.9. The lowest BCUT2D eigenvalue weighted by atomic mass is 10.0. The predicted molar refractivity (Wildman–Crippen MR) is 98.3 cm³/mol. The molecule has 8 heteroatoms. The van der Waals surface area contributed by atoms with Crippen LogP contribution in [0.15, 0.2) is 47.3 Å². The first-order valence-electron chi connectivity index (χ1n) is 8.48. The minimum atomic E-state index is -1.21. The van der Waals surface area contributed by atoms with Crippen LogP contribution in [0.2, 0.25) is 0 Å². The molecule has 0 aliphatic carbocycles. The smallest absolute Gasteiger partial charge is 0.323 e. The van der Waals surface area contributed by atoms with Crippen LogP contribution in [0.1, 0.15) is 30.0 Å². The summed E-state index contributed by atoms with van der Waals surface area (Å²) in [5.41, 5.74) is 7.47. The molecule has 0 fully saturated rings. The van der Waals surface area contributed by atoms with Gasteiger partial charge in [0.15, 0.2) is 0 Å². The third-order valence-corrected chi connectivity index (χ3v) is 4.26. The van der Waals surface area contributed by atoms with Gasteiger partial charge in [0.25, 0.3) is 0 Å². The number of nitrogens with two attached hydrogens (primary N) is 1. The van der Waals surface area contributed by atoms with Gasteiger partial charge >= 0.3 is 5.69 Å². The first-order valence-corrected chi connectivity index (χ1v) is 8.48. The fourth-order valence-electron chi connectivity index (χ4n) is 2.93. The standard InChI is InChI=1S/C19H19FN4O3/c20-13-6-2-1-5-12(13)17(18(21)26)24-16(25)7-3-4-11-8-9-14-15(10-11)23-19(27)22-14/h1-2,5-6,8-10,17H,3-4,7H2,(H2,21,26)(H,24,25)(H2,22,23,27). The molecule has 3 rings (SSSR count). The van der Waals surface area contributed by atoms with Crippen LogP contribution in [-0.2, 0) is 16.0 Å². The summed E-state index contributed by atoms with van der Waals surface area (Å²) in [5, 5.41) is 2.49. The minimum absolute atomic E-state index is 0.0419. The van der Waals surface area contributed by atoms with Gasteiger partial charge in [-0.15, -0.1) is 0 Å². The number of primary amides is 1. The van der Waals surface area contributed by atoms with E-state index in [-0.39, 0.29) is 17.7 Å². The molecule has 3 aromatic rings. The van der Waals surface area contributed by atoms with Crippen molar-refractivity contribution in [3.05, 3.63) is 69.9 Å². The van der Waals surface area contributed by atoms with Gasteiger partial charge in [0.05, 0.1) is 11.0 Å². The molecule has 1 aromatic heterocycles. The Kier molecular flexibility index (Phi) is 5.35. The highest BCUT2D eigenvalue weighted by atomic mass is 19.1. The third-order valence-electron chi connectivity index (χ3n) is 4.26. The molecule has 5 N–H and O–H groups in total. The average Bonchev–Trinajstić information content (AvgIpc) is 2.99. The summed E-state index contributed by atoms with van der Waals surface area (Å²) in [7, 11) is 0. The van der Waals surface area contributed by atoms with E-state index in [4.69, 9.17) is 5.73 Å². The summed E-state index contributed by atoms with van der Waals surface area (Å²) in [4.78, 5) is 40.4. The summed E-state index contributed by atoms with van der Waals surface area (Å²) in [6.07, 6.45) is 1.28. The van der Waals surface area contributed by atoms with Gasteiger partial charge in [-0.25, -0.2) is 9.18 Å². The summed E-state index contributed by atoms with van der Waals surface area (Å²) in [5.74, 6) is -1.82. The SMILES string of the molecule is NC(=O)C(NC(=O)CCCc1ccc2[nH]c(=O)[nH]c2c1)c1ccccc1F. The van der Waals surface area contributed by atoms with E-state index in [1.165, 1.54) is 18.2 Å². The summed E-state index contributed by atoms with van der Waals surface area (Å²) in [6, 6.07) is 9.99. The highest BCUT2D eigenvalue weighted by Gasteiger charge is 2.22. The molecular formula is C19H19FN4O3. The van der Waals surface area contributed by atoms with Crippen LogP contribution in [0.4, 0.5) is 4.39 Å². The van der Waals surface area contributed by atoms with E-state index in [1.807, 2.05) is 12.1 Å². The predicted octanol–water partition coefficient (Wildman–Crippen LogP) is 1.66. The molecular weight excluding hydrogens is 351 g/mol. The fourth-order valence-corrected chi connectivity index (χ4v) is 2.93. The van der Waals surface area contributed by atoms with Crippen LogP contribution in [0.5, 0.6) is 0 Å². The number of fused-ring (bicyclic) bond motifs is 1. The molecule has 0 aliphatic heterocycles. The van der Waals surface area contributed by atoms with Crippen molar-refractivity contribution in [1.82, 2.24) is 15.3 Å². The maximum Gasteiger partial charge on any atom is 0.323 e. The van der Waals surface area contributed by atoms with Gasteiger partial charge in [-0.1, -0.05) is 24.3 Å². The number of amides is 2. The Morgan fingerprint density at radius 1 is 1.11 bits per heavy atom. The lowest BCUT2D eigenvalue weighted by Crippen LogP contribution is -2.38. The number of H-pyrrole nitrogens is 2. The van der Waals surface area contributed by atoms with E-state index >= 15 is 0 Å². The summed E-state index contributed by atoms with van der Waals surface area (Å²) < 4.78 is 13.9. The first kappa shape index (κ1) is 18.4. The van der Waals surface area contributed by atoms with Gasteiger partial charge in [-0.05, 0) is 36.6 Å². The molecule has 2 amide bonds. The number of imidazole rings is 1. The Balaban J connectivity index is 1.58. The minimum Gasteiger partial charge on any atom is -0.368 e. The molecule has 0 spiro atoms. The van der Waals surface area contributed by atoms with Gasteiger partial charge < -0.3 is 21.0 Å². The number of aromatic nitrogens is 2. The van der Waals surface area contributed by atoms with E-state index in [2.05, 4.69) is 15.3 Å². The molecule has 0 aliphatic rings. The monoisotopic (exact) mass is 370 g/mol. The molecule has 140 valence electrons. The number of hydrogen-bond donors (Lipinski definition) is 4. The molecule has 7 nitrogen and oxygen atoms in total. The molecule has 0 bridgehead atoms. The number of hydrogen-bond acceptors (Lipinski definition) is 3. The highest BCUT2D eigenvalue weighted by molar-refractivity contribution is 5.87. The van der Waals surface area contributed by atoms with Crippen molar-refractivity contribution in [2.45, 2.75) is 25.3 Å². The normalized spacial score (nSPS) is 12.0. The Morgan fingerprint density at radius 2 is 1.85 bits per heavy atom. The van der Waals surface area contributed by atoms with Gasteiger partial charge in [0.2, 0.25) is 11.8 Å². The number of benzene rings is 2. The Bertz CT molecular complexity index is 1040. The lowest BCUT2D eigenvalue weighted by molar-refractivity contribution is -0.127. The number of rotatable bonds is 7. The van der Waals surface area contributed by atoms with Crippen molar-refractivity contribution >= 4 is 22.8 Å². The molecule has 1 heterocycles. The molecule has 1 atom stereocenters. The van der Waals surface area contributed by atoms with Crippen molar-refractivity contribution < 1.29 is 14.0 Å². The second-order valence-electron chi connectivity index (χ2n) is 6.24. The summed E-state index contributed by atoms with van der Waals surface area (Å²) >= 11 is 0. The lowest BCUT2D eigenvalue weighted by Gasteiger charge is -2.16. The van der Waals surface area contributed by atoms with E-state index in [9.17, 15) is 18.8 Å². The first-order chi connectivity index (χ1) is 12.9. The topological polar surface area (TPSA) is 121 Å². The number of carbonyl (C=O) groups excluding carboxylic acids is 2. The van der Waals surface area contributed by atoms with Crippen LogP contribution in [0.3, 0.4) is 0 Å². The average molecular weight is 370 g/mol. The zero-order chi connectivity index (χ0) is 19.4. The van der Waals surface area contributed by atoms with Crippen LogP contribution >= 0.6 is 0 Å². The van der Waals surface area contributed by atoms with Crippen LogP contribution in [0.25, 0.3) is 11.0 Å². The second kappa shape index (κ2) is 7.86. The van der Waals surface area contributed by atoms with Crippen LogP contribution in [-0.4, -0.2) is 21.8 Å². The maximum atomic E-state index is 13.9. The molecule has 27 heavy (non-hydrogen) atoms. The molecule has 0 radical (unpaired) electrons. The van der Waals surface area contributed by atoms with Gasteiger partial charge in [-0.2, -0.15) is 0 Å². The highest BCUT2D eigenvalue weighted by Crippen LogP contribution is 2.17. The zero-order valence-corrected chi connectivity index (χ0v) is 14.4. The van der Waals surface area contributed by atoms with Gasteiger partial charge in [-0.3, -0.25) is 9.59 Å². The molecule has 1 unspecified atom stereocenters. The van der Waals surface area contributed by atoms with Crippen molar-refractivity contribution in [2.75, 3.05) is 0 Å².